The molecular weight excluding hydrogens is 322 g/mol. The number of hydrazone groups is 1. The van der Waals surface area contributed by atoms with Gasteiger partial charge >= 0.3 is 0 Å². The molecule has 8 heteroatoms. The maximum absolute atomic E-state index is 13.0. The van der Waals surface area contributed by atoms with Crippen LogP contribution in [0, 0.1) is 11.6 Å². The van der Waals surface area contributed by atoms with Gasteiger partial charge in [0.05, 0.1) is 26.0 Å². The number of hydrogen-bond acceptors (Lipinski definition) is 3. The van der Waals surface area contributed by atoms with Crippen LogP contribution >= 0.6 is 12.2 Å². The van der Waals surface area contributed by atoms with Gasteiger partial charge in [-0.05, 0) is 29.9 Å². The van der Waals surface area contributed by atoms with E-state index in [9.17, 15) is 8.78 Å². The van der Waals surface area contributed by atoms with Crippen LogP contribution in [0.1, 0.15) is 12.0 Å². The summed E-state index contributed by atoms with van der Waals surface area (Å²) in [6.07, 6.45) is 2.39. The first-order valence-electron chi connectivity index (χ1n) is 7.58. The molecule has 0 amide bonds. The molecular formula is C15H21F2N4OS+. The topological polar surface area (TPSA) is 50.1 Å². The number of rotatable bonds is 6. The Hall–Kier alpha value is -1.64. The predicted octanol–water partition coefficient (Wildman–Crippen LogP) is 0.0680. The highest BCUT2D eigenvalue weighted by Crippen LogP contribution is 2.06. The zero-order valence-corrected chi connectivity index (χ0v) is 13.6. The number of hydrogen-bond donors (Lipinski definition) is 3. The molecule has 1 aliphatic heterocycles. The van der Waals surface area contributed by atoms with Crippen molar-refractivity contribution in [1.29, 1.82) is 0 Å². The number of morpholine rings is 1. The first-order chi connectivity index (χ1) is 11.1. The van der Waals surface area contributed by atoms with E-state index in [0.29, 0.717) is 10.7 Å². The monoisotopic (exact) mass is 343 g/mol. The van der Waals surface area contributed by atoms with E-state index < -0.39 is 11.6 Å². The lowest BCUT2D eigenvalue weighted by Gasteiger charge is -2.23. The average molecular weight is 343 g/mol. The summed E-state index contributed by atoms with van der Waals surface area (Å²) in [5.41, 5.74) is 3.10. The number of halogens is 2. The summed E-state index contributed by atoms with van der Waals surface area (Å²) in [7, 11) is 0. The van der Waals surface area contributed by atoms with Gasteiger partial charge in [0.15, 0.2) is 16.7 Å². The highest BCUT2D eigenvalue weighted by molar-refractivity contribution is 7.80. The van der Waals surface area contributed by atoms with Crippen molar-refractivity contribution in [3.63, 3.8) is 0 Å². The first-order valence-corrected chi connectivity index (χ1v) is 7.99. The normalized spacial score (nSPS) is 15.7. The smallest absolute Gasteiger partial charge is 0.186 e. The summed E-state index contributed by atoms with van der Waals surface area (Å²) < 4.78 is 31.1. The number of thiocarbonyl (C=S) groups is 1. The minimum absolute atomic E-state index is 0.404. The van der Waals surface area contributed by atoms with Crippen molar-refractivity contribution in [1.82, 2.24) is 10.7 Å². The van der Waals surface area contributed by atoms with Gasteiger partial charge in [0.1, 0.15) is 13.1 Å². The second-order valence-corrected chi connectivity index (χ2v) is 5.67. The van der Waals surface area contributed by atoms with E-state index in [-0.39, 0.29) is 0 Å². The first kappa shape index (κ1) is 17.7. The second kappa shape index (κ2) is 9.49. The molecule has 1 heterocycles. The van der Waals surface area contributed by atoms with Crippen molar-refractivity contribution in [2.75, 3.05) is 39.4 Å². The maximum Gasteiger partial charge on any atom is 0.186 e. The van der Waals surface area contributed by atoms with Crippen LogP contribution in [0.5, 0.6) is 0 Å². The highest BCUT2D eigenvalue weighted by Gasteiger charge is 2.12. The number of quaternary nitrogens is 1. The Bertz CT molecular complexity index is 550. The van der Waals surface area contributed by atoms with E-state index in [1.165, 1.54) is 12.3 Å². The van der Waals surface area contributed by atoms with Crippen LogP contribution in [0.2, 0.25) is 0 Å². The van der Waals surface area contributed by atoms with Gasteiger partial charge in [-0.2, -0.15) is 5.10 Å². The maximum atomic E-state index is 13.0. The number of nitrogens with one attached hydrogen (secondary N) is 3. The average Bonchev–Trinajstić information content (AvgIpc) is 2.56. The third kappa shape index (κ3) is 6.55. The highest BCUT2D eigenvalue weighted by atomic mass is 32.1. The van der Waals surface area contributed by atoms with E-state index in [1.807, 2.05) is 0 Å². The van der Waals surface area contributed by atoms with E-state index in [0.717, 1.165) is 57.9 Å². The molecule has 1 aromatic carbocycles. The second-order valence-electron chi connectivity index (χ2n) is 5.27. The Labute approximate surface area is 139 Å². The molecule has 0 aromatic heterocycles. The zero-order valence-electron chi connectivity index (χ0n) is 12.8. The van der Waals surface area contributed by atoms with E-state index in [4.69, 9.17) is 17.0 Å². The fourth-order valence-electron chi connectivity index (χ4n) is 2.25. The lowest BCUT2D eigenvalue weighted by Crippen LogP contribution is -3.14. The molecule has 2 rings (SSSR count). The minimum atomic E-state index is -0.903. The van der Waals surface area contributed by atoms with E-state index in [2.05, 4.69) is 15.8 Å². The largest absolute Gasteiger partial charge is 0.370 e. The van der Waals surface area contributed by atoms with Gasteiger partial charge in [0.25, 0.3) is 0 Å². The van der Waals surface area contributed by atoms with Crippen molar-refractivity contribution in [2.24, 2.45) is 5.10 Å². The summed E-state index contributed by atoms with van der Waals surface area (Å²) in [6.45, 7) is 5.62. The van der Waals surface area contributed by atoms with Gasteiger partial charge in [-0.25, -0.2) is 8.78 Å². The summed E-state index contributed by atoms with van der Waals surface area (Å²) >= 11 is 5.09. The van der Waals surface area contributed by atoms with Crippen LogP contribution in [0.4, 0.5) is 8.78 Å². The molecule has 126 valence electrons. The molecule has 0 bridgehead atoms. The standard InChI is InChI=1S/C15H20F2N4OS/c16-13-3-2-12(10-14(13)17)11-19-20-15(23)18-4-1-5-21-6-8-22-9-7-21/h2-3,10-11H,1,4-9H2,(H2,18,20,23)/p+1/b19-11-. The van der Waals surface area contributed by atoms with Crippen molar-refractivity contribution in [3.8, 4) is 0 Å². The summed E-state index contributed by atoms with van der Waals surface area (Å²) in [6, 6.07) is 3.56. The van der Waals surface area contributed by atoms with Crippen molar-refractivity contribution >= 4 is 23.5 Å². The summed E-state index contributed by atoms with van der Waals surface area (Å²) in [5, 5.41) is 7.35. The molecule has 1 aliphatic rings. The lowest BCUT2D eigenvalue weighted by atomic mass is 10.2. The molecule has 1 saturated heterocycles. The minimum Gasteiger partial charge on any atom is -0.370 e. The number of ether oxygens (including phenoxy) is 1. The molecule has 1 fully saturated rings. The molecule has 3 N–H and O–H groups in total. The predicted molar refractivity (Wildman–Crippen MR) is 88.7 cm³/mol. The Balaban J connectivity index is 1.60. The van der Waals surface area contributed by atoms with E-state index in [1.54, 1.807) is 4.90 Å². The van der Waals surface area contributed by atoms with Crippen LogP contribution in [-0.2, 0) is 4.74 Å². The SMILES string of the molecule is Fc1ccc(/C=N\NC(=S)NCCC[NH+]2CCOCC2)cc1F. The van der Waals surface area contributed by atoms with Gasteiger partial charge in [0, 0.05) is 13.0 Å². The Kier molecular flexibility index (Phi) is 7.31. The van der Waals surface area contributed by atoms with Gasteiger partial charge in [-0.1, -0.05) is 6.07 Å². The van der Waals surface area contributed by atoms with Crippen LogP contribution in [0.25, 0.3) is 0 Å². The molecule has 0 radical (unpaired) electrons. The molecule has 1 aromatic rings. The fourth-order valence-corrected chi connectivity index (χ4v) is 2.40. The van der Waals surface area contributed by atoms with Gasteiger partial charge < -0.3 is 15.0 Å². The molecule has 0 spiro atoms. The van der Waals surface area contributed by atoms with Crippen LogP contribution in [0.15, 0.2) is 23.3 Å². The molecule has 0 aliphatic carbocycles. The summed E-state index contributed by atoms with van der Waals surface area (Å²) in [5.74, 6) is -1.78. The Morgan fingerprint density at radius 3 is 2.83 bits per heavy atom. The van der Waals surface area contributed by atoms with Crippen LogP contribution in [0.3, 0.4) is 0 Å². The number of nitrogens with zero attached hydrogens (tertiary/aromatic N) is 1. The van der Waals surface area contributed by atoms with Gasteiger partial charge in [-0.3, -0.25) is 5.43 Å². The third-order valence-electron chi connectivity index (χ3n) is 3.52. The van der Waals surface area contributed by atoms with Gasteiger partial charge in [-0.15, -0.1) is 0 Å². The Morgan fingerprint density at radius 1 is 1.30 bits per heavy atom. The van der Waals surface area contributed by atoms with Gasteiger partial charge in [0.2, 0.25) is 0 Å². The quantitative estimate of drug-likeness (QED) is 0.296. The van der Waals surface area contributed by atoms with Crippen LogP contribution in [-0.4, -0.2) is 50.7 Å². The van der Waals surface area contributed by atoms with E-state index >= 15 is 0 Å². The molecule has 0 saturated carbocycles. The van der Waals surface area contributed by atoms with Crippen LogP contribution < -0.4 is 15.6 Å². The lowest BCUT2D eigenvalue weighted by molar-refractivity contribution is -0.908. The van der Waals surface area contributed by atoms with Crippen molar-refractivity contribution in [3.05, 3.63) is 35.4 Å². The third-order valence-corrected chi connectivity index (χ3v) is 3.75. The summed E-state index contributed by atoms with van der Waals surface area (Å²) in [4.78, 5) is 1.55. The molecule has 5 nitrogen and oxygen atoms in total. The molecule has 0 atom stereocenters. The molecule has 23 heavy (non-hydrogen) atoms. The Morgan fingerprint density at radius 2 is 2.09 bits per heavy atom. The molecule has 0 unspecified atom stereocenters. The zero-order chi connectivity index (χ0) is 16.5. The fraction of sp³-hybridized carbons (Fsp3) is 0.467. The van der Waals surface area contributed by atoms with Crippen molar-refractivity contribution in [2.45, 2.75) is 6.42 Å². The van der Waals surface area contributed by atoms with Crippen molar-refractivity contribution < 1.29 is 18.4 Å². The number of benzene rings is 1.